The van der Waals surface area contributed by atoms with Crippen molar-refractivity contribution in [1.29, 1.82) is 0 Å². The standard InChI is InChI=1S/C20H36N2O/c1-5-22(6-2)20(23)19-17(15-9-7-14(3)8-10-15)13-16-11-12-18(19)21(16)4/h14-19H,5-13H2,1-4H3/t14?,15?,16-,17-,18?,19?/m1/s1. The summed E-state index contributed by atoms with van der Waals surface area (Å²) in [5, 5.41) is 0. The van der Waals surface area contributed by atoms with Crippen LogP contribution in [0.4, 0.5) is 0 Å². The van der Waals surface area contributed by atoms with Crippen LogP contribution in [0, 0.1) is 23.7 Å². The SMILES string of the molecule is CCN(CC)C(=O)C1C2CC[C@H](C[C@@H]1C1CCC(C)CC1)N2C. The second-order valence-corrected chi connectivity index (χ2v) is 8.42. The summed E-state index contributed by atoms with van der Waals surface area (Å²) in [6, 6.07) is 1.25. The van der Waals surface area contributed by atoms with E-state index in [9.17, 15) is 4.79 Å². The maximum Gasteiger partial charge on any atom is 0.227 e. The maximum absolute atomic E-state index is 13.3. The van der Waals surface area contributed by atoms with Crippen LogP contribution < -0.4 is 0 Å². The van der Waals surface area contributed by atoms with Gasteiger partial charge in [0.25, 0.3) is 0 Å². The van der Waals surface area contributed by atoms with Gasteiger partial charge in [-0.1, -0.05) is 19.8 Å². The lowest BCUT2D eigenvalue weighted by Gasteiger charge is -2.47. The second-order valence-electron chi connectivity index (χ2n) is 8.42. The van der Waals surface area contributed by atoms with Crippen molar-refractivity contribution in [2.75, 3.05) is 20.1 Å². The normalized spacial score (nSPS) is 41.0. The molecule has 3 aliphatic rings. The van der Waals surface area contributed by atoms with E-state index in [-0.39, 0.29) is 5.92 Å². The Morgan fingerprint density at radius 3 is 2.30 bits per heavy atom. The number of piperidine rings is 1. The molecule has 3 nitrogen and oxygen atoms in total. The van der Waals surface area contributed by atoms with Gasteiger partial charge in [0.05, 0.1) is 5.92 Å². The molecule has 0 aromatic carbocycles. The van der Waals surface area contributed by atoms with Crippen LogP contribution >= 0.6 is 0 Å². The lowest BCUT2D eigenvalue weighted by Crippen LogP contribution is -2.55. The Morgan fingerprint density at radius 1 is 1.04 bits per heavy atom. The summed E-state index contributed by atoms with van der Waals surface area (Å²) < 4.78 is 0. The van der Waals surface area contributed by atoms with Crippen LogP contribution in [-0.2, 0) is 4.79 Å². The molecule has 0 spiro atoms. The van der Waals surface area contributed by atoms with Crippen molar-refractivity contribution in [2.45, 2.75) is 77.8 Å². The molecule has 23 heavy (non-hydrogen) atoms. The fourth-order valence-corrected chi connectivity index (χ4v) is 5.80. The third-order valence-electron chi connectivity index (χ3n) is 7.34. The Hall–Kier alpha value is -0.570. The van der Waals surface area contributed by atoms with E-state index in [1.54, 1.807) is 0 Å². The predicted octanol–water partition coefficient (Wildman–Crippen LogP) is 3.78. The van der Waals surface area contributed by atoms with Gasteiger partial charge in [0.15, 0.2) is 0 Å². The molecular weight excluding hydrogens is 284 g/mol. The molecule has 1 saturated carbocycles. The molecule has 2 aliphatic heterocycles. The van der Waals surface area contributed by atoms with Crippen LogP contribution in [0.3, 0.4) is 0 Å². The average Bonchev–Trinajstić information content (AvgIpc) is 2.79. The number of amides is 1. The van der Waals surface area contributed by atoms with Crippen LogP contribution in [0.2, 0.25) is 0 Å². The van der Waals surface area contributed by atoms with E-state index < -0.39 is 0 Å². The predicted molar refractivity (Wildman–Crippen MR) is 95.2 cm³/mol. The molecule has 0 aromatic heterocycles. The Bertz CT molecular complexity index is 412. The van der Waals surface area contributed by atoms with E-state index in [4.69, 9.17) is 0 Å². The van der Waals surface area contributed by atoms with Gasteiger partial charge < -0.3 is 4.90 Å². The molecule has 2 unspecified atom stereocenters. The summed E-state index contributed by atoms with van der Waals surface area (Å²) in [6.07, 6.45) is 9.27. The molecule has 4 atom stereocenters. The van der Waals surface area contributed by atoms with E-state index in [0.29, 0.717) is 17.9 Å². The van der Waals surface area contributed by atoms with Crippen molar-refractivity contribution in [1.82, 2.24) is 9.80 Å². The zero-order valence-corrected chi connectivity index (χ0v) is 15.6. The lowest BCUT2D eigenvalue weighted by atomic mass is 9.66. The van der Waals surface area contributed by atoms with Gasteiger partial charge in [0.2, 0.25) is 5.91 Å². The van der Waals surface area contributed by atoms with Crippen LogP contribution in [0.5, 0.6) is 0 Å². The van der Waals surface area contributed by atoms with Gasteiger partial charge in [0.1, 0.15) is 0 Å². The average molecular weight is 321 g/mol. The number of carbonyl (C=O) groups is 1. The van der Waals surface area contributed by atoms with Gasteiger partial charge in [-0.2, -0.15) is 0 Å². The van der Waals surface area contributed by atoms with E-state index >= 15 is 0 Å². The second kappa shape index (κ2) is 7.13. The summed E-state index contributed by atoms with van der Waals surface area (Å²) >= 11 is 0. The lowest BCUT2D eigenvalue weighted by molar-refractivity contribution is -0.143. The van der Waals surface area contributed by atoms with Gasteiger partial charge in [-0.3, -0.25) is 9.69 Å². The van der Waals surface area contributed by atoms with Gasteiger partial charge in [-0.15, -0.1) is 0 Å². The fourth-order valence-electron chi connectivity index (χ4n) is 5.80. The smallest absolute Gasteiger partial charge is 0.227 e. The van der Waals surface area contributed by atoms with Crippen molar-refractivity contribution >= 4 is 5.91 Å². The molecule has 3 fully saturated rings. The van der Waals surface area contributed by atoms with Crippen LogP contribution in [0.15, 0.2) is 0 Å². The van der Waals surface area contributed by atoms with Crippen LogP contribution in [0.1, 0.15) is 65.7 Å². The Labute approximate surface area is 142 Å². The highest BCUT2D eigenvalue weighted by Gasteiger charge is 2.51. The van der Waals surface area contributed by atoms with E-state index in [0.717, 1.165) is 31.0 Å². The van der Waals surface area contributed by atoms with Crippen LogP contribution in [-0.4, -0.2) is 47.9 Å². The minimum Gasteiger partial charge on any atom is -0.343 e. The molecule has 1 aliphatic carbocycles. The topological polar surface area (TPSA) is 23.6 Å². The molecule has 3 heteroatoms. The van der Waals surface area contributed by atoms with Gasteiger partial charge >= 0.3 is 0 Å². The largest absolute Gasteiger partial charge is 0.343 e. The highest BCUT2D eigenvalue weighted by atomic mass is 16.2. The third-order valence-corrected chi connectivity index (χ3v) is 7.34. The number of rotatable bonds is 4. The fraction of sp³-hybridized carbons (Fsp3) is 0.950. The van der Waals surface area contributed by atoms with E-state index in [1.807, 2.05) is 0 Å². The molecule has 1 amide bonds. The molecule has 3 rings (SSSR count). The Morgan fingerprint density at radius 2 is 1.70 bits per heavy atom. The summed E-state index contributed by atoms with van der Waals surface area (Å²) in [7, 11) is 2.27. The summed E-state index contributed by atoms with van der Waals surface area (Å²) in [5.41, 5.74) is 0. The summed E-state index contributed by atoms with van der Waals surface area (Å²) in [4.78, 5) is 18.0. The first kappa shape index (κ1) is 17.3. The third kappa shape index (κ3) is 3.18. The number of hydrogen-bond acceptors (Lipinski definition) is 2. The molecule has 2 bridgehead atoms. The minimum atomic E-state index is 0.261. The summed E-state index contributed by atoms with van der Waals surface area (Å²) in [5.74, 6) is 3.05. The monoisotopic (exact) mass is 320 g/mol. The first-order valence-electron chi connectivity index (χ1n) is 10.1. The Balaban J connectivity index is 1.82. The van der Waals surface area contributed by atoms with E-state index in [2.05, 4.69) is 37.6 Å². The molecule has 0 radical (unpaired) electrons. The highest BCUT2D eigenvalue weighted by Crippen LogP contribution is 2.48. The number of nitrogens with zero attached hydrogens (tertiary/aromatic N) is 2. The molecule has 2 saturated heterocycles. The Kier molecular flexibility index (Phi) is 5.35. The van der Waals surface area contributed by atoms with Gasteiger partial charge in [-0.25, -0.2) is 0 Å². The van der Waals surface area contributed by atoms with Gasteiger partial charge in [0, 0.05) is 25.2 Å². The number of carbonyl (C=O) groups excluding carboxylic acids is 1. The molecular formula is C20H36N2O. The van der Waals surface area contributed by atoms with Gasteiger partial charge in [-0.05, 0) is 70.8 Å². The molecule has 2 heterocycles. The zero-order chi connectivity index (χ0) is 16.6. The zero-order valence-electron chi connectivity index (χ0n) is 15.6. The minimum absolute atomic E-state index is 0.261. The quantitative estimate of drug-likeness (QED) is 0.787. The van der Waals surface area contributed by atoms with Crippen molar-refractivity contribution in [3.8, 4) is 0 Å². The molecule has 0 N–H and O–H groups in total. The number of hydrogen-bond donors (Lipinski definition) is 0. The van der Waals surface area contributed by atoms with Crippen molar-refractivity contribution < 1.29 is 4.79 Å². The first-order chi connectivity index (χ1) is 11.1. The van der Waals surface area contributed by atoms with Crippen molar-refractivity contribution in [3.63, 3.8) is 0 Å². The highest BCUT2D eigenvalue weighted by molar-refractivity contribution is 5.80. The maximum atomic E-state index is 13.3. The molecule has 0 aromatic rings. The van der Waals surface area contributed by atoms with Crippen molar-refractivity contribution in [2.24, 2.45) is 23.7 Å². The van der Waals surface area contributed by atoms with Crippen molar-refractivity contribution in [3.05, 3.63) is 0 Å². The first-order valence-corrected chi connectivity index (χ1v) is 10.1. The van der Waals surface area contributed by atoms with E-state index in [1.165, 1.54) is 44.9 Å². The van der Waals surface area contributed by atoms with Crippen LogP contribution in [0.25, 0.3) is 0 Å². The summed E-state index contributed by atoms with van der Waals surface area (Å²) in [6.45, 7) is 8.37. The number of fused-ring (bicyclic) bond motifs is 2. The molecule has 132 valence electrons.